The summed E-state index contributed by atoms with van der Waals surface area (Å²) >= 11 is 0. The molecule has 1 saturated heterocycles. The molecular weight excluding hydrogens is 488 g/mol. The van der Waals surface area contributed by atoms with Crippen molar-refractivity contribution >= 4 is 5.97 Å². The Balaban J connectivity index is 1.20. The third-order valence-electron chi connectivity index (χ3n) is 8.36. The molecule has 3 fully saturated rings. The van der Waals surface area contributed by atoms with E-state index >= 15 is 0 Å². The first-order valence-corrected chi connectivity index (χ1v) is 15.5. The van der Waals surface area contributed by atoms with Crippen LogP contribution < -0.4 is 10.6 Å². The van der Waals surface area contributed by atoms with Crippen LogP contribution in [0.1, 0.15) is 103 Å². The molecule has 0 radical (unpaired) electrons. The van der Waals surface area contributed by atoms with E-state index in [0.29, 0.717) is 25.6 Å². The summed E-state index contributed by atoms with van der Waals surface area (Å²) in [6, 6.07) is 0. The lowest BCUT2D eigenvalue weighted by Crippen LogP contribution is -2.59. The number of nitrogens with one attached hydrogen (secondary N) is 2. The fourth-order valence-electron chi connectivity index (χ4n) is 5.91. The van der Waals surface area contributed by atoms with Gasteiger partial charge in [0, 0.05) is 32.9 Å². The van der Waals surface area contributed by atoms with E-state index in [-0.39, 0.29) is 49.6 Å². The highest BCUT2D eigenvalue weighted by Gasteiger charge is 2.34. The predicted molar refractivity (Wildman–Crippen MR) is 145 cm³/mol. The average Bonchev–Trinajstić information content (AvgIpc) is 2.95. The Morgan fingerprint density at radius 2 is 1.24 bits per heavy atom. The van der Waals surface area contributed by atoms with Crippen molar-refractivity contribution in [1.82, 2.24) is 10.6 Å². The van der Waals surface area contributed by atoms with Crippen molar-refractivity contribution in [2.75, 3.05) is 39.5 Å². The van der Waals surface area contributed by atoms with Gasteiger partial charge in [0.25, 0.3) is 0 Å². The van der Waals surface area contributed by atoms with E-state index in [4.69, 9.17) is 29.5 Å². The topological polar surface area (TPSA) is 119 Å². The van der Waals surface area contributed by atoms with Crippen LogP contribution in [0.25, 0.3) is 0 Å². The summed E-state index contributed by atoms with van der Waals surface area (Å²) < 4.78 is 11.9. The number of hydrogen-bond donors (Lipinski definition) is 4. The Kier molecular flexibility index (Phi) is 16.1. The molecule has 2 aliphatic carbocycles. The molecular formula is C29H54N2O7. The summed E-state index contributed by atoms with van der Waals surface area (Å²) in [5.41, 5.74) is 0. The monoisotopic (exact) mass is 542 g/mol. The minimum Gasteiger partial charge on any atom is -0.459 e. The van der Waals surface area contributed by atoms with Crippen LogP contribution in [-0.2, 0) is 24.0 Å². The number of aliphatic hydroxyl groups excluding tert-OH is 2. The number of aliphatic hydroxyl groups is 2. The van der Waals surface area contributed by atoms with Gasteiger partial charge in [-0.2, -0.15) is 0 Å². The van der Waals surface area contributed by atoms with E-state index in [1.165, 1.54) is 0 Å². The number of rotatable bonds is 18. The van der Waals surface area contributed by atoms with Crippen LogP contribution in [0.4, 0.5) is 0 Å². The molecule has 0 aromatic heterocycles. The highest BCUT2D eigenvalue weighted by Crippen LogP contribution is 2.30. The molecule has 0 aromatic carbocycles. The Morgan fingerprint density at radius 1 is 0.658 bits per heavy atom. The number of carbonyl (C=O) groups excluding carboxylic acids is 1. The van der Waals surface area contributed by atoms with Crippen LogP contribution in [0, 0.1) is 11.8 Å². The van der Waals surface area contributed by atoms with E-state index in [9.17, 15) is 4.79 Å². The molecule has 0 atom stereocenters. The fraction of sp³-hybridized carbons (Fsp3) is 0.966. The minimum atomic E-state index is -0.114. The normalized spacial score (nSPS) is 30.3. The van der Waals surface area contributed by atoms with Gasteiger partial charge in [-0.25, -0.2) is 9.78 Å². The van der Waals surface area contributed by atoms with Crippen LogP contribution in [0.15, 0.2) is 0 Å². The molecule has 222 valence electrons. The van der Waals surface area contributed by atoms with Crippen LogP contribution in [0.3, 0.4) is 0 Å². The van der Waals surface area contributed by atoms with Gasteiger partial charge in [-0.15, -0.1) is 0 Å². The molecule has 1 heterocycles. The Labute approximate surface area is 229 Å². The molecule has 3 rings (SSSR count). The maximum Gasteiger partial charge on any atom is 0.309 e. The van der Waals surface area contributed by atoms with Crippen molar-refractivity contribution in [3.05, 3.63) is 0 Å². The lowest BCUT2D eigenvalue weighted by Gasteiger charge is -2.39. The van der Waals surface area contributed by atoms with Crippen LogP contribution in [0.2, 0.25) is 0 Å². The van der Waals surface area contributed by atoms with Crippen molar-refractivity contribution in [2.24, 2.45) is 11.8 Å². The van der Waals surface area contributed by atoms with Gasteiger partial charge in [-0.05, 0) is 83.0 Å². The molecule has 0 bridgehead atoms. The molecule has 3 aliphatic rings. The van der Waals surface area contributed by atoms with Crippen LogP contribution in [-0.4, -0.2) is 80.2 Å². The smallest absolute Gasteiger partial charge is 0.309 e. The second-order valence-corrected chi connectivity index (χ2v) is 11.4. The molecule has 0 spiro atoms. The molecule has 4 N–H and O–H groups in total. The summed E-state index contributed by atoms with van der Waals surface area (Å²) in [5, 5.41) is 24.8. The van der Waals surface area contributed by atoms with Gasteiger partial charge in [-0.1, -0.05) is 25.7 Å². The molecule has 0 unspecified atom stereocenters. The molecule has 38 heavy (non-hydrogen) atoms. The minimum absolute atomic E-state index is 0.00448. The standard InChI is InChI=1S/C29H54N2O7/c32-17-5-1-3-7-19-35-25-13-11-24(12-14-25)29(34)37-27-21-30-28(31-22-27)23-9-15-26(16-10-23)38-36-20-8-4-2-6-18-33/h23-28,30-33H,1-22H2. The number of unbranched alkanes of at least 4 members (excludes halogenated alkanes) is 6. The van der Waals surface area contributed by atoms with Crippen molar-refractivity contribution in [2.45, 2.75) is 127 Å². The summed E-state index contributed by atoms with van der Waals surface area (Å²) in [6.45, 7) is 3.35. The number of esters is 1. The highest BCUT2D eigenvalue weighted by atomic mass is 17.2. The molecule has 0 amide bonds. The zero-order chi connectivity index (χ0) is 26.8. The molecule has 9 heteroatoms. The van der Waals surface area contributed by atoms with Crippen molar-refractivity contribution in [3.8, 4) is 0 Å². The van der Waals surface area contributed by atoms with Crippen LogP contribution >= 0.6 is 0 Å². The largest absolute Gasteiger partial charge is 0.459 e. The van der Waals surface area contributed by atoms with Gasteiger partial charge >= 0.3 is 5.97 Å². The van der Waals surface area contributed by atoms with Gasteiger partial charge < -0.3 is 19.7 Å². The fourth-order valence-corrected chi connectivity index (χ4v) is 5.91. The van der Waals surface area contributed by atoms with E-state index in [2.05, 4.69) is 10.6 Å². The first-order valence-electron chi connectivity index (χ1n) is 15.5. The number of hydrogen-bond acceptors (Lipinski definition) is 9. The van der Waals surface area contributed by atoms with Crippen molar-refractivity contribution in [1.29, 1.82) is 0 Å². The van der Waals surface area contributed by atoms with Gasteiger partial charge in [0.05, 0.1) is 30.9 Å². The number of carbonyl (C=O) groups is 1. The molecule has 9 nitrogen and oxygen atoms in total. The lowest BCUT2D eigenvalue weighted by molar-refractivity contribution is -0.330. The van der Waals surface area contributed by atoms with E-state index < -0.39 is 0 Å². The van der Waals surface area contributed by atoms with Gasteiger partial charge in [-0.3, -0.25) is 15.4 Å². The Hall–Kier alpha value is -0.810. The first kappa shape index (κ1) is 31.7. The van der Waals surface area contributed by atoms with Gasteiger partial charge in [0.15, 0.2) is 0 Å². The first-order chi connectivity index (χ1) is 18.7. The summed E-state index contributed by atoms with van der Waals surface area (Å²) in [4.78, 5) is 23.8. The summed E-state index contributed by atoms with van der Waals surface area (Å²) in [7, 11) is 0. The van der Waals surface area contributed by atoms with Crippen LogP contribution in [0.5, 0.6) is 0 Å². The molecule has 0 aromatic rings. The third-order valence-corrected chi connectivity index (χ3v) is 8.36. The zero-order valence-corrected chi connectivity index (χ0v) is 23.5. The zero-order valence-electron chi connectivity index (χ0n) is 23.5. The Bertz CT molecular complexity index is 602. The maximum absolute atomic E-state index is 12.8. The van der Waals surface area contributed by atoms with E-state index in [1.54, 1.807) is 0 Å². The quantitative estimate of drug-likeness (QED) is 0.0891. The predicted octanol–water partition coefficient (Wildman–Crippen LogP) is 3.60. The highest BCUT2D eigenvalue weighted by molar-refractivity contribution is 5.72. The number of ether oxygens (including phenoxy) is 2. The second kappa shape index (κ2) is 19.3. The van der Waals surface area contributed by atoms with E-state index in [1.807, 2.05) is 0 Å². The van der Waals surface area contributed by atoms with Gasteiger partial charge in [0.2, 0.25) is 0 Å². The maximum atomic E-state index is 12.8. The summed E-state index contributed by atoms with van der Waals surface area (Å²) in [5.74, 6) is 0.496. The van der Waals surface area contributed by atoms with Crippen molar-refractivity contribution in [3.63, 3.8) is 0 Å². The second-order valence-electron chi connectivity index (χ2n) is 11.4. The molecule has 2 saturated carbocycles. The van der Waals surface area contributed by atoms with Gasteiger partial charge in [0.1, 0.15) is 6.10 Å². The molecule has 1 aliphatic heterocycles. The third kappa shape index (κ3) is 12.1. The lowest BCUT2D eigenvalue weighted by atomic mass is 9.84. The average molecular weight is 543 g/mol. The van der Waals surface area contributed by atoms with Crippen molar-refractivity contribution < 1.29 is 34.3 Å². The summed E-state index contributed by atoms with van der Waals surface area (Å²) in [6.07, 6.45) is 16.4. The van der Waals surface area contributed by atoms with E-state index in [0.717, 1.165) is 109 Å². The SMILES string of the molecule is O=C(OC1CNC(C2CCC(OOCCCCCCO)CC2)NC1)C1CCC(OCCCCCCO)CC1. The Morgan fingerprint density at radius 3 is 1.87 bits per heavy atom.